The van der Waals surface area contributed by atoms with Gasteiger partial charge in [-0.15, -0.1) is 0 Å². The van der Waals surface area contributed by atoms with Crippen LogP contribution in [0, 0.1) is 0 Å². The highest BCUT2D eigenvalue weighted by molar-refractivity contribution is 6.24. The molecule has 55 heavy (non-hydrogen) atoms. The zero-order valence-corrected chi connectivity index (χ0v) is 31.0. The molecule has 10 aromatic carbocycles. The van der Waals surface area contributed by atoms with Gasteiger partial charge in [-0.25, -0.2) is 0 Å². The molecular formula is C55H38. The molecule has 0 heteroatoms. The molecule has 10 aromatic rings. The van der Waals surface area contributed by atoms with Crippen molar-refractivity contribution in [1.82, 2.24) is 0 Å². The van der Waals surface area contributed by atoms with E-state index in [-0.39, 0.29) is 5.41 Å². The molecule has 0 saturated carbocycles. The minimum atomic E-state index is -0.0982. The first-order valence-corrected chi connectivity index (χ1v) is 19.4. The Hall–Kier alpha value is -6.76. The maximum Gasteiger partial charge on any atom is 0.0159 e. The lowest BCUT2D eigenvalue weighted by Gasteiger charge is -2.23. The van der Waals surface area contributed by atoms with E-state index in [1.807, 2.05) is 0 Å². The lowest BCUT2D eigenvalue weighted by Crippen LogP contribution is -2.14. The Morgan fingerprint density at radius 1 is 0.273 bits per heavy atom. The summed E-state index contributed by atoms with van der Waals surface area (Å²) in [6.07, 6.45) is 0. The molecule has 0 fully saturated rings. The minimum absolute atomic E-state index is 0.0982. The van der Waals surface area contributed by atoms with Gasteiger partial charge in [-0.2, -0.15) is 0 Å². The predicted octanol–water partition coefficient (Wildman–Crippen LogP) is 15.3. The third-order valence-electron chi connectivity index (χ3n) is 12.3. The third kappa shape index (κ3) is 4.71. The fraction of sp³-hybridized carbons (Fsp3) is 0.0545. The summed E-state index contributed by atoms with van der Waals surface area (Å²) in [5, 5.41) is 10.1. The van der Waals surface area contributed by atoms with E-state index in [2.05, 4.69) is 208 Å². The normalized spacial score (nSPS) is 13.1. The average molecular weight is 699 g/mol. The Bertz CT molecular complexity index is 3170. The number of benzene rings is 10. The van der Waals surface area contributed by atoms with E-state index in [9.17, 15) is 0 Å². The van der Waals surface area contributed by atoms with Gasteiger partial charge in [0, 0.05) is 5.41 Å². The second kappa shape index (κ2) is 12.1. The maximum atomic E-state index is 2.48. The highest BCUT2D eigenvalue weighted by Gasteiger charge is 2.37. The van der Waals surface area contributed by atoms with Crippen LogP contribution in [0.3, 0.4) is 0 Å². The molecule has 11 rings (SSSR count). The summed E-state index contributed by atoms with van der Waals surface area (Å²) in [4.78, 5) is 0. The number of rotatable bonds is 4. The van der Waals surface area contributed by atoms with Crippen molar-refractivity contribution in [2.24, 2.45) is 0 Å². The summed E-state index contributed by atoms with van der Waals surface area (Å²) in [6, 6.07) is 72.3. The fourth-order valence-electron chi connectivity index (χ4n) is 9.76. The van der Waals surface area contributed by atoms with E-state index >= 15 is 0 Å². The van der Waals surface area contributed by atoms with Crippen molar-refractivity contribution in [2.75, 3.05) is 0 Å². The molecule has 0 aromatic heterocycles. The first-order valence-electron chi connectivity index (χ1n) is 19.4. The SMILES string of the molecule is CC1(C)c2ccccc2-c2c(-c3c4ccccc4c(-c4ccccc4-c4cccc5ccccc45)c4ccc(-c5cccc6ccccc56)cc34)cccc21. The van der Waals surface area contributed by atoms with Crippen LogP contribution in [-0.2, 0) is 5.41 Å². The molecule has 0 unspecified atom stereocenters. The summed E-state index contributed by atoms with van der Waals surface area (Å²) in [5.41, 5.74) is 15.5. The molecule has 0 amide bonds. The molecule has 0 spiro atoms. The van der Waals surface area contributed by atoms with E-state index in [1.54, 1.807) is 0 Å². The Kier molecular flexibility index (Phi) is 7.00. The summed E-state index contributed by atoms with van der Waals surface area (Å²) in [5.74, 6) is 0. The van der Waals surface area contributed by atoms with Crippen LogP contribution in [-0.4, -0.2) is 0 Å². The molecule has 0 aliphatic heterocycles. The third-order valence-corrected chi connectivity index (χ3v) is 12.3. The van der Waals surface area contributed by atoms with Crippen LogP contribution < -0.4 is 0 Å². The zero-order chi connectivity index (χ0) is 36.7. The van der Waals surface area contributed by atoms with Crippen LogP contribution >= 0.6 is 0 Å². The largest absolute Gasteiger partial charge is 0.0619 e. The molecule has 1 aliphatic carbocycles. The topological polar surface area (TPSA) is 0 Å². The number of hydrogen-bond acceptors (Lipinski definition) is 0. The van der Waals surface area contributed by atoms with E-state index in [4.69, 9.17) is 0 Å². The van der Waals surface area contributed by atoms with Crippen molar-refractivity contribution < 1.29 is 0 Å². The molecule has 0 bridgehead atoms. The van der Waals surface area contributed by atoms with E-state index in [0.717, 1.165) is 0 Å². The molecule has 258 valence electrons. The van der Waals surface area contributed by atoms with E-state index < -0.39 is 0 Å². The number of fused-ring (bicyclic) bond motifs is 7. The standard InChI is InChI=1S/C55H38/c1-55(2)50-30-12-11-26-47(50)54-48(29-15-31-51(54)55)53-45-25-10-9-24-44(45)52(43-23-8-7-22-42(43)41-28-14-19-36-17-4-6-21-39(36)41)46-33-32-37(34-49(46)53)40-27-13-18-35-16-3-5-20-38(35)40/h3-34H,1-2H3. The van der Waals surface area contributed by atoms with Crippen molar-refractivity contribution in [3.05, 3.63) is 205 Å². The molecule has 0 atom stereocenters. The van der Waals surface area contributed by atoms with Crippen molar-refractivity contribution in [1.29, 1.82) is 0 Å². The van der Waals surface area contributed by atoms with Crippen LogP contribution in [0.4, 0.5) is 0 Å². The van der Waals surface area contributed by atoms with Gasteiger partial charge in [0.15, 0.2) is 0 Å². The van der Waals surface area contributed by atoms with Crippen LogP contribution in [0.1, 0.15) is 25.0 Å². The number of hydrogen-bond donors (Lipinski definition) is 0. The van der Waals surface area contributed by atoms with Gasteiger partial charge in [-0.05, 0) is 116 Å². The molecule has 0 N–H and O–H groups in total. The average Bonchev–Trinajstić information content (AvgIpc) is 3.48. The van der Waals surface area contributed by atoms with Crippen molar-refractivity contribution in [2.45, 2.75) is 19.3 Å². The summed E-state index contributed by atoms with van der Waals surface area (Å²) in [7, 11) is 0. The summed E-state index contributed by atoms with van der Waals surface area (Å²) in [6.45, 7) is 4.76. The molecule has 0 radical (unpaired) electrons. The predicted molar refractivity (Wildman–Crippen MR) is 236 cm³/mol. The zero-order valence-electron chi connectivity index (χ0n) is 31.0. The second-order valence-electron chi connectivity index (χ2n) is 15.6. The van der Waals surface area contributed by atoms with Crippen LogP contribution in [0.2, 0.25) is 0 Å². The lowest BCUT2D eigenvalue weighted by molar-refractivity contribution is 0.660. The highest BCUT2D eigenvalue weighted by atomic mass is 14.4. The van der Waals surface area contributed by atoms with Crippen LogP contribution in [0.15, 0.2) is 194 Å². The Morgan fingerprint density at radius 3 is 1.45 bits per heavy atom. The summed E-state index contributed by atoms with van der Waals surface area (Å²) < 4.78 is 0. The van der Waals surface area contributed by atoms with Gasteiger partial charge < -0.3 is 0 Å². The highest BCUT2D eigenvalue weighted by Crippen LogP contribution is 2.55. The van der Waals surface area contributed by atoms with Gasteiger partial charge in [0.25, 0.3) is 0 Å². The van der Waals surface area contributed by atoms with Crippen LogP contribution in [0.5, 0.6) is 0 Å². The van der Waals surface area contributed by atoms with Gasteiger partial charge in [-0.3, -0.25) is 0 Å². The smallest absolute Gasteiger partial charge is 0.0159 e. The molecule has 0 nitrogen and oxygen atoms in total. The first-order chi connectivity index (χ1) is 27.1. The Morgan fingerprint density at radius 2 is 0.727 bits per heavy atom. The van der Waals surface area contributed by atoms with Crippen molar-refractivity contribution in [3.63, 3.8) is 0 Å². The van der Waals surface area contributed by atoms with Gasteiger partial charge >= 0.3 is 0 Å². The van der Waals surface area contributed by atoms with Crippen LogP contribution in [0.25, 0.3) is 98.7 Å². The second-order valence-corrected chi connectivity index (χ2v) is 15.6. The molecule has 0 saturated heterocycles. The van der Waals surface area contributed by atoms with Gasteiger partial charge in [0.05, 0.1) is 0 Å². The fourth-order valence-corrected chi connectivity index (χ4v) is 9.76. The maximum absolute atomic E-state index is 2.48. The molecular weight excluding hydrogens is 661 g/mol. The Balaban J connectivity index is 1.29. The van der Waals surface area contributed by atoms with Gasteiger partial charge in [0.2, 0.25) is 0 Å². The monoisotopic (exact) mass is 698 g/mol. The van der Waals surface area contributed by atoms with Crippen molar-refractivity contribution >= 4 is 43.1 Å². The lowest BCUT2D eigenvalue weighted by atomic mass is 9.79. The van der Waals surface area contributed by atoms with E-state index in [0.29, 0.717) is 0 Å². The molecule has 1 aliphatic rings. The molecule has 0 heterocycles. The van der Waals surface area contributed by atoms with E-state index in [1.165, 1.54) is 110 Å². The summed E-state index contributed by atoms with van der Waals surface area (Å²) >= 11 is 0. The van der Waals surface area contributed by atoms with Gasteiger partial charge in [0.1, 0.15) is 0 Å². The first kappa shape index (κ1) is 31.7. The minimum Gasteiger partial charge on any atom is -0.0619 e. The quantitative estimate of drug-likeness (QED) is 0.161. The van der Waals surface area contributed by atoms with Crippen molar-refractivity contribution in [3.8, 4) is 55.6 Å². The van der Waals surface area contributed by atoms with Gasteiger partial charge in [-0.1, -0.05) is 202 Å². The Labute approximate surface area is 322 Å².